The van der Waals surface area contributed by atoms with Crippen LogP contribution in [0.3, 0.4) is 0 Å². The molecule has 0 saturated carbocycles. The molecular formula is C27H31N5O2. The SMILES string of the molecule is Cc1nc2c(C)cccn2c1C(=O)N(C)[C@H](CCNC(=O)c1cccn1C)Cc1ccccc1. The Kier molecular flexibility index (Phi) is 6.82. The second-order valence-corrected chi connectivity index (χ2v) is 8.74. The Labute approximate surface area is 200 Å². The van der Waals surface area contributed by atoms with E-state index < -0.39 is 0 Å². The summed E-state index contributed by atoms with van der Waals surface area (Å²) in [4.78, 5) is 32.7. The van der Waals surface area contributed by atoms with Crippen molar-refractivity contribution >= 4 is 17.5 Å². The van der Waals surface area contributed by atoms with Crippen molar-refractivity contribution in [3.63, 3.8) is 0 Å². The number of nitrogens with zero attached hydrogens (tertiary/aromatic N) is 4. The number of hydrogen-bond acceptors (Lipinski definition) is 3. The number of hydrogen-bond donors (Lipinski definition) is 1. The fourth-order valence-electron chi connectivity index (χ4n) is 4.37. The zero-order valence-corrected chi connectivity index (χ0v) is 20.2. The molecular weight excluding hydrogens is 426 g/mol. The van der Waals surface area contributed by atoms with Crippen molar-refractivity contribution in [1.29, 1.82) is 0 Å². The molecule has 7 nitrogen and oxygen atoms in total. The smallest absolute Gasteiger partial charge is 0.272 e. The minimum atomic E-state index is -0.118. The van der Waals surface area contributed by atoms with Crippen LogP contribution in [0.1, 0.15) is 44.2 Å². The molecule has 0 bridgehead atoms. The van der Waals surface area contributed by atoms with Crippen LogP contribution in [-0.2, 0) is 13.5 Å². The first-order valence-corrected chi connectivity index (χ1v) is 11.5. The number of aromatic nitrogens is 3. The molecule has 0 aliphatic rings. The maximum Gasteiger partial charge on any atom is 0.272 e. The van der Waals surface area contributed by atoms with Gasteiger partial charge in [-0.05, 0) is 56.0 Å². The third-order valence-electron chi connectivity index (χ3n) is 6.34. The number of aryl methyl sites for hydroxylation is 3. The van der Waals surface area contributed by atoms with E-state index in [0.29, 0.717) is 36.5 Å². The second kappa shape index (κ2) is 9.95. The molecule has 0 unspecified atom stereocenters. The van der Waals surface area contributed by atoms with Gasteiger partial charge in [-0.1, -0.05) is 36.4 Å². The molecule has 0 spiro atoms. The number of carbonyl (C=O) groups excluding carboxylic acids is 2. The van der Waals surface area contributed by atoms with Crippen molar-refractivity contribution in [2.24, 2.45) is 7.05 Å². The van der Waals surface area contributed by atoms with Gasteiger partial charge in [0.1, 0.15) is 17.0 Å². The van der Waals surface area contributed by atoms with Gasteiger partial charge in [0.25, 0.3) is 11.8 Å². The summed E-state index contributed by atoms with van der Waals surface area (Å²) in [6.07, 6.45) is 5.05. The van der Waals surface area contributed by atoms with Crippen LogP contribution in [0.4, 0.5) is 0 Å². The molecule has 4 rings (SSSR count). The summed E-state index contributed by atoms with van der Waals surface area (Å²) in [5, 5.41) is 3.00. The van der Waals surface area contributed by atoms with E-state index in [-0.39, 0.29) is 17.9 Å². The van der Waals surface area contributed by atoms with Gasteiger partial charge >= 0.3 is 0 Å². The van der Waals surface area contributed by atoms with E-state index in [1.807, 2.05) is 81.1 Å². The average molecular weight is 458 g/mol. The lowest BCUT2D eigenvalue weighted by atomic mass is 10.0. The first-order chi connectivity index (χ1) is 16.4. The van der Waals surface area contributed by atoms with Crippen LogP contribution >= 0.6 is 0 Å². The lowest BCUT2D eigenvalue weighted by Crippen LogP contribution is -2.41. The molecule has 3 aromatic heterocycles. The number of nitrogens with one attached hydrogen (secondary N) is 1. The van der Waals surface area contributed by atoms with Crippen molar-refractivity contribution in [3.05, 3.63) is 95.2 Å². The minimum absolute atomic E-state index is 0.0784. The standard InChI is InChI=1S/C27H31N5O2/c1-19-10-8-17-32-24(20(2)29-25(19)32)27(34)31(4)22(18-21-11-6-5-7-12-21)14-15-28-26(33)23-13-9-16-30(23)3/h5-13,16-17,22H,14-15,18H2,1-4H3,(H,28,33)/t22-/m1/s1. The largest absolute Gasteiger partial charge is 0.351 e. The van der Waals surface area contributed by atoms with Gasteiger partial charge in [-0.3, -0.25) is 14.0 Å². The molecule has 7 heteroatoms. The highest BCUT2D eigenvalue weighted by atomic mass is 16.2. The summed E-state index contributed by atoms with van der Waals surface area (Å²) in [7, 11) is 3.68. The Morgan fingerprint density at radius 2 is 1.76 bits per heavy atom. The van der Waals surface area contributed by atoms with E-state index in [1.165, 1.54) is 0 Å². The Hall–Kier alpha value is -3.87. The zero-order chi connectivity index (χ0) is 24.2. The van der Waals surface area contributed by atoms with Crippen molar-refractivity contribution in [2.45, 2.75) is 32.7 Å². The van der Waals surface area contributed by atoms with Gasteiger partial charge in [-0.15, -0.1) is 0 Å². The maximum atomic E-state index is 13.7. The van der Waals surface area contributed by atoms with Crippen LogP contribution in [0.2, 0.25) is 0 Å². The second-order valence-electron chi connectivity index (χ2n) is 8.74. The molecule has 4 aromatic rings. The van der Waals surface area contributed by atoms with Crippen LogP contribution in [0, 0.1) is 13.8 Å². The van der Waals surface area contributed by atoms with Gasteiger partial charge < -0.3 is 14.8 Å². The molecule has 0 saturated heterocycles. The number of amides is 2. The van der Waals surface area contributed by atoms with Crippen LogP contribution < -0.4 is 5.32 Å². The van der Waals surface area contributed by atoms with E-state index in [1.54, 1.807) is 15.5 Å². The number of rotatable bonds is 8. The van der Waals surface area contributed by atoms with Gasteiger partial charge in [-0.25, -0.2) is 4.98 Å². The first kappa shape index (κ1) is 23.3. The quantitative estimate of drug-likeness (QED) is 0.438. The zero-order valence-electron chi connectivity index (χ0n) is 20.2. The van der Waals surface area contributed by atoms with Crippen LogP contribution in [0.25, 0.3) is 5.65 Å². The van der Waals surface area contributed by atoms with Gasteiger partial charge in [0, 0.05) is 39.1 Å². The van der Waals surface area contributed by atoms with Gasteiger partial charge in [0.15, 0.2) is 0 Å². The van der Waals surface area contributed by atoms with E-state index in [0.717, 1.165) is 16.8 Å². The van der Waals surface area contributed by atoms with Gasteiger partial charge in [0.05, 0.1) is 5.69 Å². The maximum absolute atomic E-state index is 13.7. The normalized spacial score (nSPS) is 12.0. The van der Waals surface area contributed by atoms with Crippen LogP contribution in [0.15, 0.2) is 67.0 Å². The van der Waals surface area contributed by atoms with E-state index in [2.05, 4.69) is 22.4 Å². The molecule has 34 heavy (non-hydrogen) atoms. The number of imidazole rings is 1. The molecule has 1 aromatic carbocycles. The van der Waals surface area contributed by atoms with E-state index >= 15 is 0 Å². The first-order valence-electron chi connectivity index (χ1n) is 11.5. The van der Waals surface area contributed by atoms with Crippen LogP contribution in [-0.4, -0.2) is 50.3 Å². The lowest BCUT2D eigenvalue weighted by Gasteiger charge is -2.29. The highest BCUT2D eigenvalue weighted by molar-refractivity contribution is 5.95. The predicted octanol–water partition coefficient (Wildman–Crippen LogP) is 3.79. The molecule has 176 valence electrons. The number of carbonyl (C=O) groups is 2. The number of pyridine rings is 1. The summed E-state index contributed by atoms with van der Waals surface area (Å²) in [6, 6.07) is 17.6. The average Bonchev–Trinajstić information content (AvgIpc) is 3.41. The summed E-state index contributed by atoms with van der Waals surface area (Å²) >= 11 is 0. The van der Waals surface area contributed by atoms with Crippen molar-refractivity contribution in [1.82, 2.24) is 24.2 Å². The molecule has 0 aliphatic carbocycles. The minimum Gasteiger partial charge on any atom is -0.351 e. The Balaban J connectivity index is 1.55. The van der Waals surface area contributed by atoms with E-state index in [9.17, 15) is 9.59 Å². The topological polar surface area (TPSA) is 71.6 Å². The lowest BCUT2D eigenvalue weighted by molar-refractivity contribution is 0.0715. The number of benzene rings is 1. The van der Waals surface area contributed by atoms with Crippen molar-refractivity contribution in [2.75, 3.05) is 13.6 Å². The van der Waals surface area contributed by atoms with Gasteiger partial charge in [-0.2, -0.15) is 0 Å². The third kappa shape index (κ3) is 4.73. The molecule has 0 aliphatic heterocycles. The van der Waals surface area contributed by atoms with Gasteiger partial charge in [0.2, 0.25) is 0 Å². The summed E-state index contributed by atoms with van der Waals surface area (Å²) < 4.78 is 3.67. The van der Waals surface area contributed by atoms with Crippen LogP contribution in [0.5, 0.6) is 0 Å². The highest BCUT2D eigenvalue weighted by Crippen LogP contribution is 2.20. The molecule has 1 atom stereocenters. The Bertz CT molecular complexity index is 1310. The molecule has 3 heterocycles. The highest BCUT2D eigenvalue weighted by Gasteiger charge is 2.26. The Morgan fingerprint density at radius 3 is 2.47 bits per heavy atom. The molecule has 2 amide bonds. The van der Waals surface area contributed by atoms with Crippen molar-refractivity contribution in [3.8, 4) is 0 Å². The fraction of sp³-hybridized carbons (Fsp3) is 0.296. The summed E-state index contributed by atoms with van der Waals surface area (Å²) in [6.45, 7) is 4.33. The Morgan fingerprint density at radius 1 is 1.03 bits per heavy atom. The molecule has 1 N–H and O–H groups in total. The fourth-order valence-corrected chi connectivity index (χ4v) is 4.37. The molecule has 0 radical (unpaired) electrons. The van der Waals surface area contributed by atoms with Crippen molar-refractivity contribution < 1.29 is 9.59 Å². The number of likely N-dealkylation sites (N-methyl/N-ethyl adjacent to an activating group) is 1. The third-order valence-corrected chi connectivity index (χ3v) is 6.34. The van der Waals surface area contributed by atoms with E-state index in [4.69, 9.17) is 0 Å². The summed E-state index contributed by atoms with van der Waals surface area (Å²) in [5.74, 6) is -0.196. The predicted molar refractivity (Wildman–Crippen MR) is 133 cm³/mol. The summed E-state index contributed by atoms with van der Waals surface area (Å²) in [5.41, 5.74) is 4.86. The monoisotopic (exact) mass is 457 g/mol. The number of fused-ring (bicyclic) bond motifs is 1. The molecule has 0 fully saturated rings.